The van der Waals surface area contributed by atoms with Crippen molar-refractivity contribution in [2.24, 2.45) is 11.1 Å². The number of halogens is 1. The van der Waals surface area contributed by atoms with Crippen LogP contribution in [0.4, 0.5) is 5.69 Å². The van der Waals surface area contributed by atoms with Crippen LogP contribution in [0.3, 0.4) is 0 Å². The van der Waals surface area contributed by atoms with E-state index in [1.807, 2.05) is 18.9 Å². The topological polar surface area (TPSA) is 64.2 Å². The van der Waals surface area contributed by atoms with Gasteiger partial charge in [0, 0.05) is 20.1 Å². The second-order valence-corrected chi connectivity index (χ2v) is 5.97. The number of hydrogen-bond donors (Lipinski definition) is 1. The van der Waals surface area contributed by atoms with Gasteiger partial charge in [-0.15, -0.1) is 0 Å². The number of aromatic nitrogens is 2. The largest absolute Gasteiger partial charge is 0.371 e. The highest BCUT2D eigenvalue weighted by molar-refractivity contribution is 6.33. The molecule has 0 saturated carbocycles. The summed E-state index contributed by atoms with van der Waals surface area (Å²) in [4.78, 5) is 14.0. The normalized spacial score (nSPS) is 11.7. The minimum absolute atomic E-state index is 0.0453. The fourth-order valence-corrected chi connectivity index (χ4v) is 2.18. The third kappa shape index (κ3) is 3.94. The number of nitrogens with zero attached hydrogens (tertiary/aromatic N) is 3. The molecule has 0 aliphatic rings. The van der Waals surface area contributed by atoms with E-state index in [1.165, 1.54) is 4.68 Å². The molecule has 5 nitrogen and oxygen atoms in total. The molecule has 1 rings (SSSR count). The first kappa shape index (κ1) is 16.0. The Kier molecular flexibility index (Phi) is 5.38. The molecule has 19 heavy (non-hydrogen) atoms. The summed E-state index contributed by atoms with van der Waals surface area (Å²) in [5.74, 6) is 0. The summed E-state index contributed by atoms with van der Waals surface area (Å²) in [5.41, 5.74) is 6.09. The molecule has 0 bridgehead atoms. The number of rotatable bonds is 6. The fraction of sp³-hybridized carbons (Fsp3) is 0.692. The molecule has 0 saturated heterocycles. The first-order valence-electron chi connectivity index (χ1n) is 6.49. The molecule has 0 aliphatic carbocycles. The van der Waals surface area contributed by atoms with E-state index < -0.39 is 0 Å². The Hall–Kier alpha value is -1.07. The molecule has 0 spiro atoms. The average molecular weight is 287 g/mol. The van der Waals surface area contributed by atoms with E-state index in [0.717, 1.165) is 6.42 Å². The van der Waals surface area contributed by atoms with Gasteiger partial charge in [0.2, 0.25) is 0 Å². The Morgan fingerprint density at radius 2 is 2.16 bits per heavy atom. The van der Waals surface area contributed by atoms with Crippen molar-refractivity contribution in [2.75, 3.05) is 25.0 Å². The van der Waals surface area contributed by atoms with Crippen molar-refractivity contribution >= 4 is 17.3 Å². The van der Waals surface area contributed by atoms with Crippen LogP contribution in [0.5, 0.6) is 0 Å². The Morgan fingerprint density at radius 1 is 1.53 bits per heavy atom. The molecule has 6 heteroatoms. The summed E-state index contributed by atoms with van der Waals surface area (Å²) in [5, 5.41) is 4.37. The molecule has 0 fully saturated rings. The van der Waals surface area contributed by atoms with E-state index in [4.69, 9.17) is 17.3 Å². The van der Waals surface area contributed by atoms with Crippen LogP contribution < -0.4 is 16.2 Å². The Labute approximate surface area is 119 Å². The molecule has 0 aromatic carbocycles. The molecule has 2 N–H and O–H groups in total. The van der Waals surface area contributed by atoms with Crippen molar-refractivity contribution in [3.8, 4) is 0 Å². The SMILES string of the molecule is CCCn1ncc(N(C)CC(C)(C)CN)c(Cl)c1=O. The summed E-state index contributed by atoms with van der Waals surface area (Å²) in [6, 6.07) is 0. The van der Waals surface area contributed by atoms with Gasteiger partial charge in [-0.2, -0.15) is 5.10 Å². The Balaban J connectivity index is 3.02. The number of hydrogen-bond acceptors (Lipinski definition) is 4. The van der Waals surface area contributed by atoms with Crippen LogP contribution in [-0.2, 0) is 6.54 Å². The highest BCUT2D eigenvalue weighted by Crippen LogP contribution is 2.23. The third-order valence-corrected chi connectivity index (χ3v) is 3.39. The lowest BCUT2D eigenvalue weighted by Crippen LogP contribution is -2.38. The van der Waals surface area contributed by atoms with Gasteiger partial charge in [0.05, 0.1) is 11.9 Å². The fourth-order valence-electron chi connectivity index (χ4n) is 1.89. The van der Waals surface area contributed by atoms with Crippen molar-refractivity contribution in [1.29, 1.82) is 0 Å². The quantitative estimate of drug-likeness (QED) is 0.865. The molecule has 0 radical (unpaired) electrons. The van der Waals surface area contributed by atoms with E-state index in [1.54, 1.807) is 6.20 Å². The zero-order valence-electron chi connectivity index (χ0n) is 12.1. The molecule has 0 atom stereocenters. The van der Waals surface area contributed by atoms with Crippen LogP contribution in [-0.4, -0.2) is 29.9 Å². The summed E-state index contributed by atoms with van der Waals surface area (Å²) in [6.07, 6.45) is 2.49. The molecular formula is C13H23ClN4O. The predicted octanol–water partition coefficient (Wildman–Crippen LogP) is 1.73. The molecule has 108 valence electrons. The molecule has 1 aromatic heterocycles. The van der Waals surface area contributed by atoms with Gasteiger partial charge in [-0.25, -0.2) is 4.68 Å². The summed E-state index contributed by atoms with van der Waals surface area (Å²) < 4.78 is 1.40. The maximum atomic E-state index is 12.0. The molecule has 1 aromatic rings. The zero-order valence-corrected chi connectivity index (χ0v) is 12.9. The van der Waals surface area contributed by atoms with E-state index in [9.17, 15) is 4.79 Å². The Morgan fingerprint density at radius 3 is 2.68 bits per heavy atom. The Bertz CT molecular complexity index is 484. The average Bonchev–Trinajstić information content (AvgIpc) is 2.34. The first-order chi connectivity index (χ1) is 8.82. The maximum absolute atomic E-state index is 12.0. The lowest BCUT2D eigenvalue weighted by atomic mass is 9.93. The van der Waals surface area contributed by atoms with E-state index in [2.05, 4.69) is 18.9 Å². The van der Waals surface area contributed by atoms with Crippen LogP contribution in [0, 0.1) is 5.41 Å². The van der Waals surface area contributed by atoms with Gasteiger partial charge in [0.15, 0.2) is 0 Å². The minimum atomic E-state index is -0.238. The number of anilines is 1. The zero-order chi connectivity index (χ0) is 14.6. The van der Waals surface area contributed by atoms with Crippen molar-refractivity contribution in [2.45, 2.75) is 33.7 Å². The van der Waals surface area contributed by atoms with Crippen molar-refractivity contribution in [3.63, 3.8) is 0 Å². The monoisotopic (exact) mass is 286 g/mol. The highest BCUT2D eigenvalue weighted by Gasteiger charge is 2.21. The molecule has 0 aliphatic heterocycles. The second-order valence-electron chi connectivity index (χ2n) is 5.60. The van der Waals surface area contributed by atoms with Crippen LogP contribution in [0.1, 0.15) is 27.2 Å². The van der Waals surface area contributed by atoms with Gasteiger partial charge in [-0.3, -0.25) is 4.79 Å². The van der Waals surface area contributed by atoms with Gasteiger partial charge in [0.1, 0.15) is 5.02 Å². The minimum Gasteiger partial charge on any atom is -0.371 e. The predicted molar refractivity (Wildman–Crippen MR) is 79.9 cm³/mol. The van der Waals surface area contributed by atoms with Crippen molar-refractivity contribution in [1.82, 2.24) is 9.78 Å². The summed E-state index contributed by atoms with van der Waals surface area (Å²) >= 11 is 6.15. The van der Waals surface area contributed by atoms with Crippen molar-refractivity contribution in [3.05, 3.63) is 21.6 Å². The standard InChI is InChI=1S/C13H23ClN4O/c1-5-6-18-12(19)11(14)10(7-16-18)17(4)9-13(2,3)8-15/h7H,5-6,8-9,15H2,1-4H3. The van der Waals surface area contributed by atoms with Gasteiger partial charge in [-0.05, 0) is 18.4 Å². The van der Waals surface area contributed by atoms with Gasteiger partial charge in [0.25, 0.3) is 5.56 Å². The second kappa shape index (κ2) is 6.39. The van der Waals surface area contributed by atoms with Crippen LogP contribution in [0.2, 0.25) is 5.02 Å². The molecule has 1 heterocycles. The van der Waals surface area contributed by atoms with Crippen LogP contribution in [0.15, 0.2) is 11.0 Å². The van der Waals surface area contributed by atoms with E-state index in [0.29, 0.717) is 25.3 Å². The van der Waals surface area contributed by atoms with Gasteiger partial charge >= 0.3 is 0 Å². The summed E-state index contributed by atoms with van der Waals surface area (Å²) in [7, 11) is 1.89. The van der Waals surface area contributed by atoms with Gasteiger partial charge < -0.3 is 10.6 Å². The lowest BCUT2D eigenvalue weighted by molar-refractivity contribution is 0.384. The van der Waals surface area contributed by atoms with Gasteiger partial charge in [-0.1, -0.05) is 32.4 Å². The maximum Gasteiger partial charge on any atom is 0.287 e. The van der Waals surface area contributed by atoms with E-state index >= 15 is 0 Å². The third-order valence-electron chi connectivity index (χ3n) is 3.03. The smallest absolute Gasteiger partial charge is 0.287 e. The van der Waals surface area contributed by atoms with Crippen LogP contribution in [0.25, 0.3) is 0 Å². The highest BCUT2D eigenvalue weighted by atomic mass is 35.5. The van der Waals surface area contributed by atoms with E-state index in [-0.39, 0.29) is 16.0 Å². The first-order valence-corrected chi connectivity index (χ1v) is 6.87. The molecule has 0 amide bonds. The molecule has 0 unspecified atom stereocenters. The number of nitrogens with two attached hydrogens (primary N) is 1. The summed E-state index contributed by atoms with van der Waals surface area (Å²) in [6.45, 7) is 7.99. The molecular weight excluding hydrogens is 264 g/mol. The van der Waals surface area contributed by atoms with Crippen LogP contribution >= 0.6 is 11.6 Å². The lowest BCUT2D eigenvalue weighted by Gasteiger charge is -2.30. The van der Waals surface area contributed by atoms with Crippen molar-refractivity contribution < 1.29 is 0 Å². The number of aryl methyl sites for hydroxylation is 1.